The Morgan fingerprint density at radius 1 is 1.33 bits per heavy atom. The van der Waals surface area contributed by atoms with E-state index in [9.17, 15) is 15.2 Å². The van der Waals surface area contributed by atoms with Crippen molar-refractivity contribution in [1.29, 1.82) is 5.26 Å². The van der Waals surface area contributed by atoms with Crippen LogP contribution in [0.4, 0.5) is 11.5 Å². The number of anilines is 2. The van der Waals surface area contributed by atoms with E-state index in [2.05, 4.69) is 16.5 Å². The number of hydrogen-bond donors (Lipinski definition) is 2. The number of nitrogens with zero attached hydrogens (tertiary/aromatic N) is 4. The number of likely N-dealkylation sites (N-methyl/N-ethyl adjacent to an activating group) is 1. The van der Waals surface area contributed by atoms with Crippen molar-refractivity contribution < 1.29 is 24.1 Å². The summed E-state index contributed by atoms with van der Waals surface area (Å²) in [6.45, 7) is 1.05. The van der Waals surface area contributed by atoms with Crippen LogP contribution in [0, 0.1) is 11.3 Å². The number of nitrogens with one attached hydrogen (secondary N) is 1. The SMILES string of the molecule is COCC1(COC)Oc2ccc(C#N)cc2[C@@H](Nc2nn(C)c(=O)c3c2OCCN3C)[C@@H]1O. The molecule has 0 spiro atoms. The van der Waals surface area contributed by atoms with E-state index in [0.717, 1.165) is 0 Å². The minimum absolute atomic E-state index is 0.0533. The highest BCUT2D eigenvalue weighted by atomic mass is 16.6. The quantitative estimate of drug-likeness (QED) is 0.629. The number of hydrogen-bond acceptors (Lipinski definition) is 10. The van der Waals surface area contributed by atoms with Crippen molar-refractivity contribution in [3.05, 3.63) is 39.7 Å². The molecule has 0 fully saturated rings. The molecule has 2 N–H and O–H groups in total. The maximum absolute atomic E-state index is 12.7. The Labute approximate surface area is 191 Å². The topological polar surface area (TPSA) is 131 Å². The second kappa shape index (κ2) is 8.90. The number of aromatic nitrogens is 2. The molecule has 1 aromatic carbocycles. The second-order valence-corrected chi connectivity index (χ2v) is 8.19. The lowest BCUT2D eigenvalue weighted by molar-refractivity contribution is -0.142. The van der Waals surface area contributed by atoms with E-state index in [-0.39, 0.29) is 18.8 Å². The number of rotatable bonds is 6. The van der Waals surface area contributed by atoms with Crippen LogP contribution in [0.25, 0.3) is 0 Å². The molecule has 2 aliphatic heterocycles. The van der Waals surface area contributed by atoms with Gasteiger partial charge in [0.15, 0.2) is 22.9 Å². The van der Waals surface area contributed by atoms with Crippen molar-refractivity contribution in [1.82, 2.24) is 9.78 Å². The van der Waals surface area contributed by atoms with Crippen LogP contribution >= 0.6 is 0 Å². The number of methoxy groups -OCH3 is 2. The fourth-order valence-electron chi connectivity index (χ4n) is 4.34. The van der Waals surface area contributed by atoms with Crippen LogP contribution in [0.2, 0.25) is 0 Å². The van der Waals surface area contributed by atoms with E-state index < -0.39 is 17.7 Å². The zero-order valence-corrected chi connectivity index (χ0v) is 19.0. The summed E-state index contributed by atoms with van der Waals surface area (Å²) >= 11 is 0. The van der Waals surface area contributed by atoms with Gasteiger partial charge in [0.1, 0.15) is 18.5 Å². The molecule has 11 heteroatoms. The molecule has 0 aliphatic carbocycles. The highest BCUT2D eigenvalue weighted by Gasteiger charge is 2.50. The van der Waals surface area contributed by atoms with E-state index in [0.29, 0.717) is 47.3 Å². The third kappa shape index (κ3) is 3.86. The summed E-state index contributed by atoms with van der Waals surface area (Å²) in [5.74, 6) is 1.08. The number of fused-ring (bicyclic) bond motifs is 2. The molecule has 2 aromatic rings. The lowest BCUT2D eigenvalue weighted by Crippen LogP contribution is -2.60. The molecule has 0 saturated heterocycles. The predicted molar refractivity (Wildman–Crippen MR) is 119 cm³/mol. The molecule has 176 valence electrons. The zero-order valence-electron chi connectivity index (χ0n) is 19.0. The summed E-state index contributed by atoms with van der Waals surface area (Å²) in [6.07, 6.45) is -1.16. The number of aliphatic hydroxyl groups excluding tert-OH is 1. The first-order valence-corrected chi connectivity index (χ1v) is 10.5. The highest BCUT2D eigenvalue weighted by Crippen LogP contribution is 2.44. The van der Waals surface area contributed by atoms with Gasteiger partial charge < -0.3 is 34.3 Å². The van der Waals surface area contributed by atoms with E-state index in [1.165, 1.54) is 18.9 Å². The van der Waals surface area contributed by atoms with Crippen molar-refractivity contribution in [2.75, 3.05) is 57.8 Å². The van der Waals surface area contributed by atoms with Crippen LogP contribution in [0.1, 0.15) is 17.2 Å². The summed E-state index contributed by atoms with van der Waals surface area (Å²) in [5, 5.41) is 28.6. The summed E-state index contributed by atoms with van der Waals surface area (Å²) in [4.78, 5) is 14.5. The Morgan fingerprint density at radius 3 is 2.73 bits per heavy atom. The summed E-state index contributed by atoms with van der Waals surface area (Å²) < 4.78 is 24.0. The number of ether oxygens (including phenoxy) is 4. The van der Waals surface area contributed by atoms with Gasteiger partial charge in [0.05, 0.1) is 37.4 Å². The minimum Gasteiger partial charge on any atom is -0.486 e. The van der Waals surface area contributed by atoms with Crippen molar-refractivity contribution >= 4 is 11.5 Å². The van der Waals surface area contributed by atoms with Crippen LogP contribution in [0.15, 0.2) is 23.0 Å². The summed E-state index contributed by atoms with van der Waals surface area (Å²) in [7, 11) is 6.39. The molecule has 2 atom stereocenters. The maximum atomic E-state index is 12.7. The third-order valence-corrected chi connectivity index (χ3v) is 5.94. The second-order valence-electron chi connectivity index (χ2n) is 8.19. The van der Waals surface area contributed by atoms with Gasteiger partial charge in [-0.2, -0.15) is 5.26 Å². The van der Waals surface area contributed by atoms with Crippen LogP contribution in [0.5, 0.6) is 11.5 Å². The summed E-state index contributed by atoms with van der Waals surface area (Å²) in [5.41, 5.74) is -0.146. The first-order valence-electron chi connectivity index (χ1n) is 10.5. The van der Waals surface area contributed by atoms with E-state index in [4.69, 9.17) is 18.9 Å². The Kier molecular flexibility index (Phi) is 6.16. The van der Waals surface area contributed by atoms with Crippen LogP contribution in [-0.4, -0.2) is 74.2 Å². The molecule has 1 aromatic heterocycles. The fraction of sp³-hybridized carbons (Fsp3) is 0.500. The number of aliphatic hydroxyl groups is 1. The standard InChI is InChI=1S/C22H27N5O6/c1-26-7-8-32-18-17(26)21(29)27(2)25-20(18)24-16-14-9-13(10-23)5-6-15(14)33-22(11-30-3,12-31-4)19(16)28/h5-6,9,16,19,28H,7-8,11-12H2,1-4H3,(H,24,25)/t16-,19+/m1/s1. The van der Waals surface area contributed by atoms with Gasteiger partial charge in [-0.15, -0.1) is 5.10 Å². The summed E-state index contributed by atoms with van der Waals surface area (Å²) in [6, 6.07) is 6.32. The van der Waals surface area contributed by atoms with Gasteiger partial charge in [-0.3, -0.25) is 4.79 Å². The Morgan fingerprint density at radius 2 is 2.06 bits per heavy atom. The smallest absolute Gasteiger partial charge is 0.294 e. The van der Waals surface area contributed by atoms with Gasteiger partial charge >= 0.3 is 0 Å². The molecule has 0 amide bonds. The van der Waals surface area contributed by atoms with Crippen molar-refractivity contribution in [2.24, 2.45) is 7.05 Å². The van der Waals surface area contributed by atoms with Crippen molar-refractivity contribution in [3.63, 3.8) is 0 Å². The van der Waals surface area contributed by atoms with Gasteiger partial charge in [0.25, 0.3) is 5.56 Å². The molecule has 0 saturated carbocycles. The first-order chi connectivity index (χ1) is 15.8. The molecule has 4 rings (SSSR count). The van der Waals surface area contributed by atoms with Gasteiger partial charge in [-0.05, 0) is 18.2 Å². The molecule has 0 bridgehead atoms. The largest absolute Gasteiger partial charge is 0.486 e. The molecule has 3 heterocycles. The molecule has 33 heavy (non-hydrogen) atoms. The average molecular weight is 457 g/mol. The van der Waals surface area contributed by atoms with Gasteiger partial charge in [0.2, 0.25) is 0 Å². The van der Waals surface area contributed by atoms with Crippen molar-refractivity contribution in [2.45, 2.75) is 17.7 Å². The van der Waals surface area contributed by atoms with Gasteiger partial charge in [-0.25, -0.2) is 4.68 Å². The Bertz CT molecular complexity index is 1140. The van der Waals surface area contributed by atoms with Crippen LogP contribution in [0.3, 0.4) is 0 Å². The van der Waals surface area contributed by atoms with Crippen molar-refractivity contribution in [3.8, 4) is 17.6 Å². The Hall–Kier alpha value is -3.33. The molecule has 2 aliphatic rings. The molecular weight excluding hydrogens is 430 g/mol. The molecule has 11 nitrogen and oxygen atoms in total. The highest BCUT2D eigenvalue weighted by molar-refractivity contribution is 5.69. The lowest BCUT2D eigenvalue weighted by atomic mass is 9.84. The fourth-order valence-corrected chi connectivity index (χ4v) is 4.34. The average Bonchev–Trinajstić information content (AvgIpc) is 2.80. The van der Waals surface area contributed by atoms with E-state index >= 15 is 0 Å². The third-order valence-electron chi connectivity index (χ3n) is 5.94. The minimum atomic E-state index is -1.22. The van der Waals surface area contributed by atoms with Gasteiger partial charge in [-0.1, -0.05) is 0 Å². The zero-order chi connectivity index (χ0) is 23.8. The van der Waals surface area contributed by atoms with Gasteiger partial charge in [0, 0.05) is 33.9 Å². The number of benzene rings is 1. The number of nitriles is 1. The molecular formula is C22H27N5O6. The molecule has 0 radical (unpaired) electrons. The first kappa shape index (κ1) is 22.8. The van der Waals surface area contributed by atoms with E-state index in [1.807, 2.05) is 11.9 Å². The monoisotopic (exact) mass is 457 g/mol. The Balaban J connectivity index is 1.86. The normalized spacial score (nSPS) is 20.7. The molecule has 0 unspecified atom stereocenters. The predicted octanol–water partition coefficient (Wildman–Crippen LogP) is 0.419. The van der Waals surface area contributed by atoms with E-state index in [1.54, 1.807) is 25.2 Å². The van der Waals surface area contributed by atoms with Crippen LogP contribution < -0.4 is 25.2 Å². The van der Waals surface area contributed by atoms with Crippen LogP contribution in [-0.2, 0) is 16.5 Å². The maximum Gasteiger partial charge on any atom is 0.294 e. The lowest BCUT2D eigenvalue weighted by Gasteiger charge is -2.45. The number of aryl methyl sites for hydroxylation is 1.